The maximum atomic E-state index is 13.7. The largest absolute Gasteiger partial charge is 0.340 e. The van der Waals surface area contributed by atoms with Gasteiger partial charge in [0.2, 0.25) is 5.95 Å². The lowest BCUT2D eigenvalue weighted by Crippen LogP contribution is -2.43. The van der Waals surface area contributed by atoms with E-state index in [1.165, 1.54) is 11.6 Å². The Morgan fingerprint density at radius 1 is 1.00 bits per heavy atom. The number of nitrogens with zero attached hydrogens (tertiary/aromatic N) is 5. The van der Waals surface area contributed by atoms with E-state index in [-0.39, 0.29) is 5.82 Å². The summed E-state index contributed by atoms with van der Waals surface area (Å²) in [6.45, 7) is 3.45. The lowest BCUT2D eigenvalue weighted by molar-refractivity contribution is 0.407. The average molecular weight is 394 g/mol. The molecule has 0 amide bonds. The molecule has 1 saturated heterocycles. The third-order valence-electron chi connectivity index (χ3n) is 5.48. The van der Waals surface area contributed by atoms with E-state index in [0.717, 1.165) is 56.8 Å². The van der Waals surface area contributed by atoms with Crippen LogP contribution in [0.3, 0.4) is 0 Å². The van der Waals surface area contributed by atoms with Crippen molar-refractivity contribution < 1.29 is 4.39 Å². The van der Waals surface area contributed by atoms with Gasteiger partial charge in [0, 0.05) is 19.1 Å². The van der Waals surface area contributed by atoms with E-state index >= 15 is 0 Å². The van der Waals surface area contributed by atoms with Crippen molar-refractivity contribution in [2.75, 3.05) is 24.5 Å². The van der Waals surface area contributed by atoms with E-state index in [0.29, 0.717) is 12.6 Å². The predicted molar refractivity (Wildman–Crippen MR) is 111 cm³/mol. The Morgan fingerprint density at radius 3 is 2.55 bits per heavy atom. The zero-order valence-corrected chi connectivity index (χ0v) is 16.5. The van der Waals surface area contributed by atoms with Crippen LogP contribution < -0.4 is 10.2 Å². The van der Waals surface area contributed by atoms with Gasteiger partial charge in [0.05, 0.1) is 6.54 Å². The minimum Gasteiger partial charge on any atom is -0.340 e. The first-order valence-electron chi connectivity index (χ1n) is 10.3. The molecule has 4 rings (SSSR count). The van der Waals surface area contributed by atoms with Gasteiger partial charge in [-0.25, -0.2) is 9.07 Å². The molecule has 0 radical (unpaired) electrons. The minimum atomic E-state index is -0.103. The fourth-order valence-electron chi connectivity index (χ4n) is 3.85. The molecule has 1 aliphatic heterocycles. The topological polar surface area (TPSA) is 58.9 Å². The van der Waals surface area contributed by atoms with Crippen molar-refractivity contribution in [2.45, 2.75) is 38.3 Å². The second kappa shape index (κ2) is 9.60. The number of aromatic nitrogens is 4. The summed E-state index contributed by atoms with van der Waals surface area (Å²) in [7, 11) is 0. The number of anilines is 1. The van der Waals surface area contributed by atoms with Crippen LogP contribution in [-0.2, 0) is 13.0 Å². The van der Waals surface area contributed by atoms with Gasteiger partial charge in [0.15, 0.2) is 0 Å². The standard InChI is InChI=1S/C22H27FN6/c23-21-11-5-4-9-19(21)10-6-14-24-20-12-15-28(16-13-20)22-25-26-27-29(22)17-18-7-2-1-3-8-18/h1-5,7-9,11,20,24H,6,10,12-17H2. The van der Waals surface area contributed by atoms with Gasteiger partial charge in [-0.3, -0.25) is 0 Å². The number of hydrogen-bond donors (Lipinski definition) is 1. The van der Waals surface area contributed by atoms with Crippen LogP contribution in [-0.4, -0.2) is 45.9 Å². The number of rotatable bonds is 8. The third-order valence-corrected chi connectivity index (χ3v) is 5.48. The highest BCUT2D eigenvalue weighted by atomic mass is 19.1. The lowest BCUT2D eigenvalue weighted by atomic mass is 10.0. The van der Waals surface area contributed by atoms with Crippen molar-refractivity contribution >= 4 is 5.95 Å². The first-order chi connectivity index (χ1) is 14.3. The number of benzene rings is 2. The fraction of sp³-hybridized carbons (Fsp3) is 0.409. The van der Waals surface area contributed by atoms with Crippen LogP contribution in [0.5, 0.6) is 0 Å². The normalized spacial score (nSPS) is 15.0. The summed E-state index contributed by atoms with van der Waals surface area (Å²) in [6.07, 6.45) is 3.82. The molecule has 6 nitrogen and oxygen atoms in total. The molecule has 1 fully saturated rings. The highest BCUT2D eigenvalue weighted by Gasteiger charge is 2.22. The second-order valence-electron chi connectivity index (χ2n) is 7.53. The van der Waals surface area contributed by atoms with Crippen molar-refractivity contribution in [3.8, 4) is 0 Å². The Hall–Kier alpha value is -2.80. The Morgan fingerprint density at radius 2 is 1.76 bits per heavy atom. The first kappa shape index (κ1) is 19.5. The predicted octanol–water partition coefficient (Wildman–Crippen LogP) is 3.05. The van der Waals surface area contributed by atoms with Crippen molar-refractivity contribution in [1.82, 2.24) is 25.5 Å². The number of aryl methyl sites for hydroxylation is 1. The zero-order chi connectivity index (χ0) is 19.9. The van der Waals surface area contributed by atoms with E-state index in [2.05, 4.69) is 37.9 Å². The summed E-state index contributed by atoms with van der Waals surface area (Å²) in [6, 6.07) is 17.8. The maximum Gasteiger partial charge on any atom is 0.245 e. The van der Waals surface area contributed by atoms with Crippen molar-refractivity contribution in [3.05, 3.63) is 71.5 Å². The molecule has 3 aromatic rings. The molecule has 0 bridgehead atoms. The number of piperidine rings is 1. The van der Waals surface area contributed by atoms with Crippen LogP contribution in [0, 0.1) is 5.82 Å². The Balaban J connectivity index is 1.22. The van der Waals surface area contributed by atoms with Crippen LogP contribution in [0.25, 0.3) is 0 Å². The highest BCUT2D eigenvalue weighted by Crippen LogP contribution is 2.18. The van der Waals surface area contributed by atoms with E-state index in [1.807, 2.05) is 35.0 Å². The smallest absolute Gasteiger partial charge is 0.245 e. The van der Waals surface area contributed by atoms with Crippen LogP contribution >= 0.6 is 0 Å². The summed E-state index contributed by atoms with van der Waals surface area (Å²) in [5.74, 6) is 0.737. The Bertz CT molecular complexity index is 889. The van der Waals surface area contributed by atoms with Gasteiger partial charge >= 0.3 is 0 Å². The van der Waals surface area contributed by atoms with Gasteiger partial charge in [-0.15, -0.1) is 0 Å². The monoisotopic (exact) mass is 394 g/mol. The van der Waals surface area contributed by atoms with Gasteiger partial charge < -0.3 is 10.2 Å². The molecule has 29 heavy (non-hydrogen) atoms. The molecule has 152 valence electrons. The Labute approximate surface area is 170 Å². The number of hydrogen-bond acceptors (Lipinski definition) is 5. The van der Waals surface area contributed by atoms with Crippen LogP contribution in [0.4, 0.5) is 10.3 Å². The molecule has 2 heterocycles. The van der Waals surface area contributed by atoms with Crippen LogP contribution in [0.15, 0.2) is 54.6 Å². The molecule has 0 spiro atoms. The fourth-order valence-corrected chi connectivity index (χ4v) is 3.85. The number of tetrazole rings is 1. The molecule has 1 N–H and O–H groups in total. The van der Waals surface area contributed by atoms with Crippen LogP contribution in [0.1, 0.15) is 30.4 Å². The van der Waals surface area contributed by atoms with Gasteiger partial charge in [0.25, 0.3) is 0 Å². The molecule has 0 aliphatic carbocycles. The van der Waals surface area contributed by atoms with Crippen molar-refractivity contribution in [3.63, 3.8) is 0 Å². The molecule has 0 unspecified atom stereocenters. The van der Waals surface area contributed by atoms with Gasteiger partial charge in [-0.1, -0.05) is 53.6 Å². The molecule has 1 aliphatic rings. The summed E-state index contributed by atoms with van der Waals surface area (Å²) in [4.78, 5) is 2.26. The zero-order valence-electron chi connectivity index (χ0n) is 16.5. The SMILES string of the molecule is Fc1ccccc1CCCNC1CCN(c2nnnn2Cc2ccccc2)CC1. The minimum absolute atomic E-state index is 0.103. The summed E-state index contributed by atoms with van der Waals surface area (Å²) < 4.78 is 15.5. The van der Waals surface area contributed by atoms with E-state index in [4.69, 9.17) is 0 Å². The van der Waals surface area contributed by atoms with Crippen molar-refractivity contribution in [1.29, 1.82) is 0 Å². The average Bonchev–Trinajstić information content (AvgIpc) is 3.22. The highest BCUT2D eigenvalue weighted by molar-refractivity contribution is 5.30. The van der Waals surface area contributed by atoms with Crippen LogP contribution in [0.2, 0.25) is 0 Å². The van der Waals surface area contributed by atoms with Gasteiger partial charge in [-0.05, 0) is 59.8 Å². The molecule has 0 atom stereocenters. The third kappa shape index (κ3) is 5.17. The molecular formula is C22H27FN6. The summed E-state index contributed by atoms with van der Waals surface area (Å²) in [5, 5.41) is 15.9. The van der Waals surface area contributed by atoms with E-state index < -0.39 is 0 Å². The summed E-state index contributed by atoms with van der Waals surface area (Å²) in [5.41, 5.74) is 1.99. The molecule has 2 aromatic carbocycles. The number of halogens is 1. The molecule has 1 aromatic heterocycles. The van der Waals surface area contributed by atoms with E-state index in [9.17, 15) is 4.39 Å². The molecule has 0 saturated carbocycles. The first-order valence-corrected chi connectivity index (χ1v) is 10.3. The van der Waals surface area contributed by atoms with Crippen molar-refractivity contribution in [2.24, 2.45) is 0 Å². The molecule has 7 heteroatoms. The lowest BCUT2D eigenvalue weighted by Gasteiger charge is -2.32. The molecular weight excluding hydrogens is 367 g/mol. The Kier molecular flexibility index (Phi) is 6.46. The van der Waals surface area contributed by atoms with Gasteiger partial charge in [-0.2, -0.15) is 0 Å². The second-order valence-corrected chi connectivity index (χ2v) is 7.53. The quantitative estimate of drug-likeness (QED) is 0.595. The summed E-state index contributed by atoms with van der Waals surface area (Å²) >= 11 is 0. The van der Waals surface area contributed by atoms with Gasteiger partial charge in [0.1, 0.15) is 5.82 Å². The van der Waals surface area contributed by atoms with E-state index in [1.54, 1.807) is 6.07 Å². The number of nitrogens with one attached hydrogen (secondary N) is 1. The maximum absolute atomic E-state index is 13.7.